The van der Waals surface area contributed by atoms with E-state index in [1.165, 1.54) is 6.92 Å². The third-order valence-electron chi connectivity index (χ3n) is 5.58. The number of hydrogen-bond acceptors (Lipinski definition) is 3. The summed E-state index contributed by atoms with van der Waals surface area (Å²) in [5, 5.41) is 5.94. The average Bonchev–Trinajstić information content (AvgIpc) is 3.34. The number of aliphatic imine (C=N–C) groups is 1. The molecule has 0 spiro atoms. The summed E-state index contributed by atoms with van der Waals surface area (Å²) < 4.78 is 0. The van der Waals surface area contributed by atoms with Crippen LogP contribution in [0.5, 0.6) is 0 Å². The monoisotopic (exact) mass is 437 g/mol. The van der Waals surface area contributed by atoms with E-state index in [0.29, 0.717) is 25.1 Å². The number of rotatable bonds is 8. The van der Waals surface area contributed by atoms with Gasteiger partial charge in [-0.25, -0.2) is 0 Å². The number of amides is 2. The normalized spacial score (nSPS) is 13.6. The molecule has 1 atom stereocenters. The number of carbonyl (C=O) groups is 2. The maximum atomic E-state index is 13.3. The number of hydrogen-bond donors (Lipinski definition) is 2. The summed E-state index contributed by atoms with van der Waals surface area (Å²) in [7, 11) is 0. The van der Waals surface area contributed by atoms with Gasteiger partial charge in [0, 0.05) is 24.6 Å². The van der Waals surface area contributed by atoms with Crippen molar-refractivity contribution in [2.45, 2.75) is 19.4 Å². The van der Waals surface area contributed by atoms with Gasteiger partial charge in [-0.1, -0.05) is 78.9 Å². The van der Waals surface area contributed by atoms with Crippen LogP contribution in [0.1, 0.15) is 34.0 Å². The van der Waals surface area contributed by atoms with Crippen molar-refractivity contribution in [2.24, 2.45) is 4.99 Å². The van der Waals surface area contributed by atoms with Crippen LogP contribution in [-0.2, 0) is 11.2 Å². The van der Waals surface area contributed by atoms with Gasteiger partial charge < -0.3 is 10.6 Å². The van der Waals surface area contributed by atoms with Gasteiger partial charge >= 0.3 is 0 Å². The standard InChI is InChI=1S/C28H27N3O2/c1-20(32)29-19-24(16-21-10-4-2-5-11-21)31-28(33)26-15-9-8-14-25(26)27-17-23(18-30-27)22-12-6-3-7-13-22/h2-15,17,24H,16,18-19H2,1H3,(H,29,32)(H,31,33)/t24-/m1/s1. The van der Waals surface area contributed by atoms with Gasteiger partial charge in [-0.3, -0.25) is 14.6 Å². The van der Waals surface area contributed by atoms with Crippen LogP contribution >= 0.6 is 0 Å². The third kappa shape index (κ3) is 5.83. The molecule has 2 N–H and O–H groups in total. The maximum Gasteiger partial charge on any atom is 0.252 e. The second-order valence-corrected chi connectivity index (χ2v) is 8.08. The largest absolute Gasteiger partial charge is 0.354 e. The van der Waals surface area contributed by atoms with E-state index in [2.05, 4.69) is 28.8 Å². The second-order valence-electron chi connectivity index (χ2n) is 8.08. The molecule has 0 fully saturated rings. The van der Waals surface area contributed by atoms with Crippen LogP contribution < -0.4 is 10.6 Å². The van der Waals surface area contributed by atoms with Crippen molar-refractivity contribution in [2.75, 3.05) is 13.1 Å². The minimum atomic E-state index is -0.238. The first-order valence-corrected chi connectivity index (χ1v) is 11.1. The van der Waals surface area contributed by atoms with Crippen LogP contribution in [0, 0.1) is 0 Å². The highest BCUT2D eigenvalue weighted by Crippen LogP contribution is 2.23. The molecule has 1 aliphatic rings. The van der Waals surface area contributed by atoms with E-state index in [0.717, 1.165) is 28.0 Å². The molecule has 0 radical (unpaired) electrons. The van der Waals surface area contributed by atoms with E-state index in [1.807, 2.05) is 72.8 Å². The summed E-state index contributed by atoms with van der Waals surface area (Å²) in [5.74, 6) is -0.303. The molecule has 0 unspecified atom stereocenters. The molecular formula is C28H27N3O2. The van der Waals surface area contributed by atoms with Gasteiger partial charge in [-0.2, -0.15) is 0 Å². The highest BCUT2D eigenvalue weighted by molar-refractivity contribution is 6.19. The van der Waals surface area contributed by atoms with Gasteiger partial charge in [0.1, 0.15) is 0 Å². The number of benzene rings is 3. The van der Waals surface area contributed by atoms with E-state index in [9.17, 15) is 9.59 Å². The van der Waals surface area contributed by atoms with Crippen LogP contribution in [0.15, 0.2) is 96.0 Å². The Hall–Kier alpha value is -3.99. The summed E-state index contributed by atoms with van der Waals surface area (Å²) in [6.07, 6.45) is 2.67. The Bertz CT molecular complexity index is 1180. The number of carbonyl (C=O) groups excluding carboxylic acids is 2. The molecule has 3 aromatic carbocycles. The van der Waals surface area contributed by atoms with Gasteiger partial charge in [-0.15, -0.1) is 0 Å². The van der Waals surface area contributed by atoms with Gasteiger partial charge in [0.15, 0.2) is 0 Å². The predicted octanol–water partition coefficient (Wildman–Crippen LogP) is 4.05. The zero-order valence-corrected chi connectivity index (χ0v) is 18.6. The van der Waals surface area contributed by atoms with Crippen molar-refractivity contribution < 1.29 is 9.59 Å². The number of allylic oxidation sites excluding steroid dienone is 1. The van der Waals surface area contributed by atoms with Crippen LogP contribution in [0.25, 0.3) is 5.57 Å². The molecule has 5 nitrogen and oxygen atoms in total. The minimum absolute atomic E-state index is 0.124. The van der Waals surface area contributed by atoms with Crippen molar-refractivity contribution in [3.8, 4) is 0 Å². The summed E-state index contributed by atoms with van der Waals surface area (Å²) in [5.41, 5.74) is 5.55. The lowest BCUT2D eigenvalue weighted by Gasteiger charge is -2.20. The SMILES string of the molecule is CC(=O)NC[C@@H](Cc1ccccc1)NC(=O)c1ccccc1C1=NCC(c2ccccc2)=C1. The van der Waals surface area contributed by atoms with Crippen LogP contribution in [0.2, 0.25) is 0 Å². The fourth-order valence-electron chi connectivity index (χ4n) is 3.92. The van der Waals surface area contributed by atoms with Crippen molar-refractivity contribution in [1.29, 1.82) is 0 Å². The zero-order chi connectivity index (χ0) is 23.0. The van der Waals surface area contributed by atoms with Gasteiger partial charge in [0.2, 0.25) is 5.91 Å². The molecule has 0 aliphatic carbocycles. The molecule has 166 valence electrons. The molecule has 1 aliphatic heterocycles. The van der Waals surface area contributed by atoms with Crippen molar-refractivity contribution in [1.82, 2.24) is 10.6 Å². The maximum absolute atomic E-state index is 13.3. The highest BCUT2D eigenvalue weighted by atomic mass is 16.2. The minimum Gasteiger partial charge on any atom is -0.354 e. The Kier molecular flexibility index (Phi) is 7.10. The first kappa shape index (κ1) is 22.2. The summed E-state index contributed by atoms with van der Waals surface area (Å²) >= 11 is 0. The second kappa shape index (κ2) is 10.6. The zero-order valence-electron chi connectivity index (χ0n) is 18.6. The molecule has 4 rings (SSSR count). The lowest BCUT2D eigenvalue weighted by atomic mass is 9.99. The lowest BCUT2D eigenvalue weighted by Crippen LogP contribution is -2.44. The first-order chi connectivity index (χ1) is 16.1. The average molecular weight is 438 g/mol. The lowest BCUT2D eigenvalue weighted by molar-refractivity contribution is -0.119. The van der Waals surface area contributed by atoms with Crippen LogP contribution in [0.4, 0.5) is 0 Å². The Morgan fingerprint density at radius 3 is 2.30 bits per heavy atom. The van der Waals surface area contributed by atoms with Crippen molar-refractivity contribution >= 4 is 23.1 Å². The fourth-order valence-corrected chi connectivity index (χ4v) is 3.92. The van der Waals surface area contributed by atoms with E-state index in [4.69, 9.17) is 4.99 Å². The molecule has 0 saturated heterocycles. The number of nitrogens with one attached hydrogen (secondary N) is 2. The van der Waals surface area contributed by atoms with E-state index < -0.39 is 0 Å². The first-order valence-electron chi connectivity index (χ1n) is 11.1. The summed E-state index contributed by atoms with van der Waals surface area (Å²) in [6, 6.07) is 27.4. The molecule has 2 amide bonds. The summed E-state index contributed by atoms with van der Waals surface area (Å²) in [6.45, 7) is 2.43. The Morgan fingerprint density at radius 1 is 0.909 bits per heavy atom. The quantitative estimate of drug-likeness (QED) is 0.558. The molecule has 0 aromatic heterocycles. The van der Waals surface area contributed by atoms with Gasteiger partial charge in [0.25, 0.3) is 5.91 Å². The van der Waals surface area contributed by atoms with Gasteiger partial charge in [-0.05, 0) is 35.3 Å². The topological polar surface area (TPSA) is 70.6 Å². The Labute approximate surface area is 194 Å². The summed E-state index contributed by atoms with van der Waals surface area (Å²) in [4.78, 5) is 29.5. The highest BCUT2D eigenvalue weighted by Gasteiger charge is 2.20. The molecule has 0 bridgehead atoms. The van der Waals surface area contributed by atoms with Crippen molar-refractivity contribution in [3.05, 3.63) is 113 Å². The molecule has 33 heavy (non-hydrogen) atoms. The van der Waals surface area contributed by atoms with Gasteiger partial charge in [0.05, 0.1) is 18.3 Å². The smallest absolute Gasteiger partial charge is 0.252 e. The Morgan fingerprint density at radius 2 is 1.58 bits per heavy atom. The third-order valence-corrected chi connectivity index (χ3v) is 5.58. The molecule has 1 heterocycles. The van der Waals surface area contributed by atoms with Crippen LogP contribution in [-0.4, -0.2) is 36.7 Å². The van der Waals surface area contributed by atoms with Crippen LogP contribution in [0.3, 0.4) is 0 Å². The van der Waals surface area contributed by atoms with E-state index in [1.54, 1.807) is 0 Å². The fraction of sp³-hybridized carbons (Fsp3) is 0.179. The molecule has 3 aromatic rings. The van der Waals surface area contributed by atoms with E-state index in [-0.39, 0.29) is 17.9 Å². The molecule has 0 saturated carbocycles. The molecular weight excluding hydrogens is 410 g/mol. The van der Waals surface area contributed by atoms with E-state index >= 15 is 0 Å². The predicted molar refractivity (Wildman–Crippen MR) is 132 cm³/mol. The molecule has 5 heteroatoms. The van der Waals surface area contributed by atoms with Crippen molar-refractivity contribution in [3.63, 3.8) is 0 Å². The number of nitrogens with zero attached hydrogens (tertiary/aromatic N) is 1. The Balaban J connectivity index is 1.54.